The molecule has 8 heteroatoms. The smallest absolute Gasteiger partial charge is 0.230 e. The second-order valence-electron chi connectivity index (χ2n) is 5.46. The quantitative estimate of drug-likeness (QED) is 0.587. The number of anilines is 2. The molecule has 2 heterocycles. The van der Waals surface area contributed by atoms with Crippen LogP contribution in [0, 0.1) is 13.8 Å². The molecule has 5 nitrogen and oxygen atoms in total. The average molecular weight is 391 g/mol. The molecule has 0 aliphatic carbocycles. The number of benzene rings is 1. The maximum Gasteiger partial charge on any atom is 0.230 e. The van der Waals surface area contributed by atoms with E-state index in [2.05, 4.69) is 33.8 Å². The number of aryl methyl sites for hydroxylation is 2. The summed E-state index contributed by atoms with van der Waals surface area (Å²) in [7, 11) is 0. The van der Waals surface area contributed by atoms with Crippen LogP contribution in [0.5, 0.6) is 0 Å². The molecule has 0 radical (unpaired) electrons. The number of nitrogens with one attached hydrogen (secondary N) is 2. The Balaban J connectivity index is 1.45. The number of thiophene rings is 1. The molecule has 1 aromatic carbocycles. The largest absolute Gasteiger partial charge is 0.350 e. The van der Waals surface area contributed by atoms with E-state index in [0.29, 0.717) is 12.3 Å². The average Bonchev–Trinajstić information content (AvgIpc) is 3.22. The van der Waals surface area contributed by atoms with Crippen LogP contribution >= 0.6 is 34.4 Å². The highest BCUT2D eigenvalue weighted by molar-refractivity contribution is 8.01. The highest BCUT2D eigenvalue weighted by Crippen LogP contribution is 2.27. The summed E-state index contributed by atoms with van der Waals surface area (Å²) < 4.78 is 0.775. The molecular weight excluding hydrogens is 372 g/mol. The third-order valence-electron chi connectivity index (χ3n) is 3.45. The van der Waals surface area contributed by atoms with Gasteiger partial charge < -0.3 is 10.6 Å². The van der Waals surface area contributed by atoms with Crippen molar-refractivity contribution < 1.29 is 4.79 Å². The molecule has 0 saturated heterocycles. The molecular formula is C17H18N4OS3. The van der Waals surface area contributed by atoms with E-state index in [9.17, 15) is 4.79 Å². The zero-order valence-corrected chi connectivity index (χ0v) is 16.4. The Morgan fingerprint density at radius 2 is 1.96 bits per heavy atom. The van der Waals surface area contributed by atoms with Gasteiger partial charge in [0.2, 0.25) is 11.0 Å². The van der Waals surface area contributed by atoms with E-state index in [0.717, 1.165) is 15.2 Å². The van der Waals surface area contributed by atoms with Crippen LogP contribution in [0.25, 0.3) is 0 Å². The van der Waals surface area contributed by atoms with Gasteiger partial charge in [0.15, 0.2) is 4.34 Å². The van der Waals surface area contributed by atoms with Gasteiger partial charge in [0.25, 0.3) is 0 Å². The number of amides is 1. The molecule has 0 unspecified atom stereocenters. The van der Waals surface area contributed by atoms with Crippen molar-refractivity contribution in [3.63, 3.8) is 0 Å². The Kier molecular flexibility index (Phi) is 6.06. The van der Waals surface area contributed by atoms with Crippen molar-refractivity contribution in [2.75, 3.05) is 11.1 Å². The van der Waals surface area contributed by atoms with E-state index < -0.39 is 0 Å². The molecule has 0 saturated carbocycles. The van der Waals surface area contributed by atoms with E-state index in [4.69, 9.17) is 0 Å². The third-order valence-corrected chi connectivity index (χ3v) is 6.45. The van der Waals surface area contributed by atoms with Gasteiger partial charge in [-0.2, -0.15) is 0 Å². The topological polar surface area (TPSA) is 66.9 Å². The number of hydrogen-bond acceptors (Lipinski definition) is 7. The van der Waals surface area contributed by atoms with Gasteiger partial charge in [-0.05, 0) is 43.0 Å². The first-order valence-corrected chi connectivity index (χ1v) is 10.4. The molecule has 0 bridgehead atoms. The Morgan fingerprint density at radius 3 is 2.68 bits per heavy atom. The van der Waals surface area contributed by atoms with E-state index in [-0.39, 0.29) is 5.91 Å². The molecule has 0 atom stereocenters. The number of carbonyl (C=O) groups excluding carboxylic acids is 1. The molecule has 2 N–H and O–H groups in total. The minimum atomic E-state index is 0.000966. The number of hydrogen-bond donors (Lipinski definition) is 2. The van der Waals surface area contributed by atoms with E-state index in [1.165, 1.54) is 39.1 Å². The van der Waals surface area contributed by atoms with E-state index in [1.807, 2.05) is 36.6 Å². The highest BCUT2D eigenvalue weighted by Gasteiger charge is 2.09. The summed E-state index contributed by atoms with van der Waals surface area (Å²) in [6.45, 7) is 4.68. The second kappa shape index (κ2) is 8.46. The van der Waals surface area contributed by atoms with Crippen molar-refractivity contribution in [2.24, 2.45) is 0 Å². The number of rotatable bonds is 7. The van der Waals surface area contributed by atoms with Gasteiger partial charge in [-0.15, -0.1) is 21.5 Å². The first-order chi connectivity index (χ1) is 12.1. The summed E-state index contributed by atoms with van der Waals surface area (Å²) in [5.74, 6) is 0.338. The zero-order valence-electron chi connectivity index (χ0n) is 13.9. The van der Waals surface area contributed by atoms with Crippen LogP contribution in [-0.4, -0.2) is 21.9 Å². The first-order valence-electron chi connectivity index (χ1n) is 7.70. The molecule has 0 aliphatic rings. The monoisotopic (exact) mass is 390 g/mol. The van der Waals surface area contributed by atoms with Crippen LogP contribution < -0.4 is 10.6 Å². The van der Waals surface area contributed by atoms with Crippen molar-refractivity contribution in [3.05, 3.63) is 51.7 Å². The SMILES string of the molecule is Cc1ccc(Nc2nnc(SCC(=O)NCc3sccc3C)s2)cc1. The van der Waals surface area contributed by atoms with Crippen molar-refractivity contribution in [3.8, 4) is 0 Å². The predicted octanol–water partition coefficient (Wildman–Crippen LogP) is 4.37. The molecule has 3 aromatic rings. The molecule has 2 aromatic heterocycles. The fourth-order valence-corrected chi connectivity index (χ4v) is 4.47. The van der Waals surface area contributed by atoms with Crippen LogP contribution in [0.15, 0.2) is 40.1 Å². The second-order valence-corrected chi connectivity index (χ2v) is 8.66. The predicted molar refractivity (Wildman–Crippen MR) is 106 cm³/mol. The fourth-order valence-electron chi connectivity index (χ4n) is 2.02. The summed E-state index contributed by atoms with van der Waals surface area (Å²) in [6, 6.07) is 10.1. The summed E-state index contributed by atoms with van der Waals surface area (Å²) in [5.41, 5.74) is 3.40. The molecule has 25 heavy (non-hydrogen) atoms. The number of thioether (sulfide) groups is 1. The lowest BCUT2D eigenvalue weighted by atomic mass is 10.2. The standard InChI is InChI=1S/C17H18N4OS3/c1-11-3-5-13(6-4-11)19-16-20-21-17(25-16)24-10-15(22)18-9-14-12(2)7-8-23-14/h3-8H,9-10H2,1-2H3,(H,18,22)(H,19,20). The Bertz CT molecular complexity index is 842. The van der Waals surface area contributed by atoms with Gasteiger partial charge in [0, 0.05) is 10.6 Å². The lowest BCUT2D eigenvalue weighted by Crippen LogP contribution is -2.24. The van der Waals surface area contributed by atoms with Crippen LogP contribution in [0.3, 0.4) is 0 Å². The zero-order chi connectivity index (χ0) is 17.6. The van der Waals surface area contributed by atoms with Gasteiger partial charge in [0.05, 0.1) is 12.3 Å². The van der Waals surface area contributed by atoms with E-state index >= 15 is 0 Å². The van der Waals surface area contributed by atoms with E-state index in [1.54, 1.807) is 11.3 Å². The third kappa shape index (κ3) is 5.29. The van der Waals surface area contributed by atoms with Crippen molar-refractivity contribution in [1.29, 1.82) is 0 Å². The van der Waals surface area contributed by atoms with Gasteiger partial charge >= 0.3 is 0 Å². The Hall–Kier alpha value is -1.90. The molecule has 130 valence electrons. The Labute approximate surface area is 158 Å². The number of carbonyl (C=O) groups is 1. The number of nitrogens with zero attached hydrogens (tertiary/aromatic N) is 2. The van der Waals surface area contributed by atoms with Crippen LogP contribution in [-0.2, 0) is 11.3 Å². The van der Waals surface area contributed by atoms with Gasteiger partial charge in [0.1, 0.15) is 0 Å². The fraction of sp³-hybridized carbons (Fsp3) is 0.235. The first kappa shape index (κ1) is 17.9. The Morgan fingerprint density at radius 1 is 1.16 bits per heavy atom. The summed E-state index contributed by atoms with van der Waals surface area (Å²) in [4.78, 5) is 13.2. The minimum Gasteiger partial charge on any atom is -0.350 e. The maximum absolute atomic E-state index is 12.0. The van der Waals surface area contributed by atoms with Crippen molar-refractivity contribution in [1.82, 2.24) is 15.5 Å². The van der Waals surface area contributed by atoms with Crippen molar-refractivity contribution >= 4 is 51.2 Å². The lowest BCUT2D eigenvalue weighted by Gasteiger charge is -2.03. The van der Waals surface area contributed by atoms with Gasteiger partial charge in [-0.3, -0.25) is 4.79 Å². The molecule has 3 rings (SSSR count). The van der Waals surface area contributed by atoms with Crippen LogP contribution in [0.1, 0.15) is 16.0 Å². The lowest BCUT2D eigenvalue weighted by molar-refractivity contribution is -0.118. The van der Waals surface area contributed by atoms with Gasteiger partial charge in [-0.1, -0.05) is 40.8 Å². The summed E-state index contributed by atoms with van der Waals surface area (Å²) in [6.07, 6.45) is 0. The molecule has 0 aliphatic heterocycles. The maximum atomic E-state index is 12.0. The summed E-state index contributed by atoms with van der Waals surface area (Å²) in [5, 5.41) is 17.2. The van der Waals surface area contributed by atoms with Crippen LogP contribution in [0.4, 0.5) is 10.8 Å². The molecule has 0 fully saturated rings. The normalized spacial score (nSPS) is 10.6. The molecule has 0 spiro atoms. The van der Waals surface area contributed by atoms with Crippen LogP contribution in [0.2, 0.25) is 0 Å². The number of aromatic nitrogens is 2. The highest BCUT2D eigenvalue weighted by atomic mass is 32.2. The van der Waals surface area contributed by atoms with Crippen molar-refractivity contribution in [2.45, 2.75) is 24.7 Å². The summed E-state index contributed by atoms with van der Waals surface area (Å²) >= 11 is 4.50. The minimum absolute atomic E-state index is 0.000966. The molecule has 1 amide bonds. The van der Waals surface area contributed by atoms with Gasteiger partial charge in [-0.25, -0.2) is 0 Å².